The van der Waals surface area contributed by atoms with Crippen molar-refractivity contribution < 1.29 is 13.2 Å². The number of anilines is 1. The molecule has 1 aromatic rings. The lowest BCUT2D eigenvalue weighted by atomic mass is 10.3. The molecule has 2 rings (SSSR count). The van der Waals surface area contributed by atoms with Gasteiger partial charge in [0.2, 0.25) is 10.0 Å². The van der Waals surface area contributed by atoms with E-state index in [0.717, 1.165) is 13.0 Å². The first-order chi connectivity index (χ1) is 8.99. The highest BCUT2D eigenvalue weighted by Crippen LogP contribution is 2.26. The van der Waals surface area contributed by atoms with Crippen molar-refractivity contribution in [3.63, 3.8) is 0 Å². The molecule has 19 heavy (non-hydrogen) atoms. The highest BCUT2D eigenvalue weighted by molar-refractivity contribution is 7.88. The second kappa shape index (κ2) is 5.70. The van der Waals surface area contributed by atoms with E-state index in [0.29, 0.717) is 24.8 Å². The van der Waals surface area contributed by atoms with Gasteiger partial charge in [0.1, 0.15) is 0 Å². The third kappa shape index (κ3) is 3.77. The smallest absolute Gasteiger partial charge is 0.257 e. The summed E-state index contributed by atoms with van der Waals surface area (Å²) in [6, 6.07) is -0.0912. The summed E-state index contributed by atoms with van der Waals surface area (Å²) in [6.07, 6.45) is 5.10. The Balaban J connectivity index is 2.08. The monoisotopic (exact) mass is 286 g/mol. The molecule has 0 spiro atoms. The fraction of sp³-hybridized carbons (Fsp3) is 0.636. The van der Waals surface area contributed by atoms with Gasteiger partial charge < -0.3 is 9.64 Å². The number of nitrogens with zero attached hydrogens (tertiary/aromatic N) is 3. The van der Waals surface area contributed by atoms with Crippen molar-refractivity contribution in [2.24, 2.45) is 0 Å². The van der Waals surface area contributed by atoms with Crippen LogP contribution in [-0.4, -0.2) is 50.4 Å². The fourth-order valence-electron chi connectivity index (χ4n) is 2.12. The van der Waals surface area contributed by atoms with Gasteiger partial charge in [-0.25, -0.2) is 23.1 Å². The van der Waals surface area contributed by atoms with E-state index >= 15 is 0 Å². The van der Waals surface area contributed by atoms with Crippen molar-refractivity contribution >= 4 is 15.8 Å². The molecular formula is C11H18N4O3S. The minimum absolute atomic E-state index is 0.0912. The van der Waals surface area contributed by atoms with Gasteiger partial charge in [0, 0.05) is 31.5 Å². The highest BCUT2D eigenvalue weighted by Gasteiger charge is 2.27. The number of nitrogens with one attached hydrogen (secondary N) is 1. The molecule has 0 aromatic carbocycles. The van der Waals surface area contributed by atoms with E-state index in [9.17, 15) is 8.42 Å². The van der Waals surface area contributed by atoms with Gasteiger partial charge in [-0.1, -0.05) is 0 Å². The summed E-state index contributed by atoms with van der Waals surface area (Å²) >= 11 is 0. The van der Waals surface area contributed by atoms with Crippen molar-refractivity contribution in [1.82, 2.24) is 14.7 Å². The average molecular weight is 286 g/mol. The van der Waals surface area contributed by atoms with Crippen LogP contribution in [0.1, 0.15) is 13.3 Å². The van der Waals surface area contributed by atoms with Crippen LogP contribution in [0.2, 0.25) is 0 Å². The van der Waals surface area contributed by atoms with Crippen molar-refractivity contribution in [3.8, 4) is 5.88 Å². The van der Waals surface area contributed by atoms with Gasteiger partial charge in [0.05, 0.1) is 12.9 Å². The normalized spacial score (nSPS) is 19.7. The fourth-order valence-corrected chi connectivity index (χ4v) is 2.92. The first-order valence-corrected chi connectivity index (χ1v) is 8.05. The minimum atomic E-state index is -3.18. The lowest BCUT2D eigenvalue weighted by Crippen LogP contribution is -2.36. The van der Waals surface area contributed by atoms with Crippen LogP contribution in [-0.2, 0) is 10.0 Å². The summed E-state index contributed by atoms with van der Waals surface area (Å²) in [6.45, 7) is 3.71. The SMILES string of the molecule is CCOc1nccnc1N1CC[C@@H](NS(C)(=O)=O)C1. The summed E-state index contributed by atoms with van der Waals surface area (Å²) in [5.41, 5.74) is 0. The van der Waals surface area contributed by atoms with Crippen LogP contribution < -0.4 is 14.4 Å². The van der Waals surface area contributed by atoms with Gasteiger partial charge in [0.25, 0.3) is 5.88 Å². The molecule has 0 bridgehead atoms. The minimum Gasteiger partial charge on any atom is -0.475 e. The van der Waals surface area contributed by atoms with Crippen molar-refractivity contribution in [1.29, 1.82) is 0 Å². The maximum atomic E-state index is 11.2. The van der Waals surface area contributed by atoms with Crippen LogP contribution in [0.3, 0.4) is 0 Å². The predicted octanol–water partition coefficient (Wildman–Crippen LogP) is 0.00320. The lowest BCUT2D eigenvalue weighted by Gasteiger charge is -2.19. The molecule has 1 aromatic heterocycles. The Kier molecular flexibility index (Phi) is 4.20. The van der Waals surface area contributed by atoms with Crippen molar-refractivity contribution in [2.75, 3.05) is 30.9 Å². The largest absolute Gasteiger partial charge is 0.475 e. The molecule has 0 saturated carbocycles. The van der Waals surface area contributed by atoms with Gasteiger partial charge in [-0.15, -0.1) is 0 Å². The molecule has 1 atom stereocenters. The summed E-state index contributed by atoms with van der Waals surface area (Å²) in [7, 11) is -3.18. The zero-order chi connectivity index (χ0) is 13.9. The summed E-state index contributed by atoms with van der Waals surface area (Å²) in [5.74, 6) is 1.16. The number of sulfonamides is 1. The Morgan fingerprint density at radius 1 is 1.47 bits per heavy atom. The molecule has 0 radical (unpaired) electrons. The van der Waals surface area contributed by atoms with Crippen LogP contribution in [0.4, 0.5) is 5.82 Å². The highest BCUT2D eigenvalue weighted by atomic mass is 32.2. The van der Waals surface area contributed by atoms with Gasteiger partial charge in [-0.05, 0) is 13.3 Å². The Hall–Kier alpha value is -1.41. The molecule has 1 saturated heterocycles. The first-order valence-electron chi connectivity index (χ1n) is 6.15. The van der Waals surface area contributed by atoms with Gasteiger partial charge in [0.15, 0.2) is 5.82 Å². The zero-order valence-corrected chi connectivity index (χ0v) is 11.9. The summed E-state index contributed by atoms with van der Waals surface area (Å²) in [4.78, 5) is 10.4. The molecule has 1 fully saturated rings. The van der Waals surface area contributed by atoms with Crippen LogP contribution in [0.25, 0.3) is 0 Å². The molecule has 7 nitrogen and oxygen atoms in total. The van der Waals surface area contributed by atoms with E-state index in [1.807, 2.05) is 11.8 Å². The maximum absolute atomic E-state index is 11.2. The second-order valence-corrected chi connectivity index (χ2v) is 6.22. The molecule has 8 heteroatoms. The van der Waals surface area contributed by atoms with Crippen molar-refractivity contribution in [2.45, 2.75) is 19.4 Å². The Bertz CT molecular complexity index is 534. The van der Waals surface area contributed by atoms with Crippen LogP contribution in [0, 0.1) is 0 Å². The third-order valence-corrected chi connectivity index (χ3v) is 3.56. The van der Waals surface area contributed by atoms with E-state index in [2.05, 4.69) is 14.7 Å². The Labute approximate surface area is 113 Å². The van der Waals surface area contributed by atoms with Crippen LogP contribution in [0.15, 0.2) is 12.4 Å². The molecular weight excluding hydrogens is 268 g/mol. The molecule has 1 aliphatic rings. The third-order valence-electron chi connectivity index (χ3n) is 2.80. The molecule has 1 aliphatic heterocycles. The van der Waals surface area contributed by atoms with Crippen LogP contribution in [0.5, 0.6) is 5.88 Å². The van der Waals surface area contributed by atoms with E-state index < -0.39 is 10.0 Å². The average Bonchev–Trinajstić information content (AvgIpc) is 2.76. The molecule has 2 heterocycles. The zero-order valence-electron chi connectivity index (χ0n) is 11.0. The Morgan fingerprint density at radius 3 is 2.89 bits per heavy atom. The van der Waals surface area contributed by atoms with Gasteiger partial charge in [-0.3, -0.25) is 0 Å². The lowest BCUT2D eigenvalue weighted by molar-refractivity contribution is 0.326. The quantitative estimate of drug-likeness (QED) is 0.820. The molecule has 0 unspecified atom stereocenters. The molecule has 1 N–H and O–H groups in total. The van der Waals surface area contributed by atoms with Crippen LogP contribution >= 0.6 is 0 Å². The Morgan fingerprint density at radius 2 is 2.21 bits per heavy atom. The number of aromatic nitrogens is 2. The first kappa shape index (κ1) is 14.0. The van der Waals surface area contributed by atoms with Crippen molar-refractivity contribution in [3.05, 3.63) is 12.4 Å². The standard InChI is InChI=1S/C11H18N4O3S/c1-3-18-11-10(12-5-6-13-11)15-7-4-9(8-15)14-19(2,16)17/h5-6,9,14H,3-4,7-8H2,1-2H3/t9-/m1/s1. The topological polar surface area (TPSA) is 84.4 Å². The summed E-state index contributed by atoms with van der Waals surface area (Å²) in [5, 5.41) is 0. The number of hydrogen-bond acceptors (Lipinski definition) is 6. The summed E-state index contributed by atoms with van der Waals surface area (Å²) < 4.78 is 30.5. The number of hydrogen-bond donors (Lipinski definition) is 1. The molecule has 0 amide bonds. The van der Waals surface area contributed by atoms with E-state index in [1.165, 1.54) is 6.26 Å². The number of ether oxygens (including phenoxy) is 1. The van der Waals surface area contributed by atoms with Gasteiger partial charge >= 0.3 is 0 Å². The molecule has 106 valence electrons. The predicted molar refractivity (Wildman–Crippen MR) is 71.8 cm³/mol. The van der Waals surface area contributed by atoms with E-state index in [4.69, 9.17) is 4.74 Å². The second-order valence-electron chi connectivity index (χ2n) is 4.44. The maximum Gasteiger partial charge on any atom is 0.257 e. The molecule has 0 aliphatic carbocycles. The van der Waals surface area contributed by atoms with Gasteiger partial charge in [-0.2, -0.15) is 0 Å². The number of rotatable bonds is 5. The van der Waals surface area contributed by atoms with E-state index in [-0.39, 0.29) is 6.04 Å². The van der Waals surface area contributed by atoms with E-state index in [1.54, 1.807) is 12.4 Å².